The lowest BCUT2D eigenvalue weighted by atomic mass is 9.93. The van der Waals surface area contributed by atoms with Crippen LogP contribution in [0.25, 0.3) is 0 Å². The summed E-state index contributed by atoms with van der Waals surface area (Å²) in [4.78, 5) is 16.8. The number of sulfonamides is 1. The van der Waals surface area contributed by atoms with Crippen LogP contribution in [0.1, 0.15) is 41.7 Å². The zero-order chi connectivity index (χ0) is 27.1. The highest BCUT2D eigenvalue weighted by Gasteiger charge is 2.44. The van der Waals surface area contributed by atoms with E-state index in [4.69, 9.17) is 5.11 Å². The lowest BCUT2D eigenvalue weighted by Crippen LogP contribution is -2.40. The van der Waals surface area contributed by atoms with E-state index in [0.717, 1.165) is 25.9 Å². The molecule has 14 heteroatoms. The molecule has 0 radical (unpaired) electrons. The lowest BCUT2D eigenvalue weighted by Gasteiger charge is -2.35. The minimum Gasteiger partial charge on any atom is -0.395 e. The van der Waals surface area contributed by atoms with E-state index >= 15 is 0 Å². The number of nitrogens with one attached hydrogen (secondary N) is 2. The van der Waals surface area contributed by atoms with Gasteiger partial charge in [-0.1, -0.05) is 0 Å². The van der Waals surface area contributed by atoms with E-state index in [1.807, 2.05) is 0 Å². The van der Waals surface area contributed by atoms with Gasteiger partial charge in [-0.05, 0) is 49.3 Å². The van der Waals surface area contributed by atoms with Crippen LogP contribution in [0.4, 0.5) is 30.2 Å². The van der Waals surface area contributed by atoms with Gasteiger partial charge in [0.15, 0.2) is 0 Å². The number of aliphatic hydroxyl groups excluding tert-OH is 1. The first-order valence-electron chi connectivity index (χ1n) is 12.6. The number of halogens is 3. The molecule has 1 saturated carbocycles. The number of hydrogen-bond acceptors (Lipinski definition) is 7. The third kappa shape index (κ3) is 6.07. The van der Waals surface area contributed by atoms with Gasteiger partial charge in [-0.15, -0.1) is 0 Å². The summed E-state index contributed by atoms with van der Waals surface area (Å²) in [5, 5.41) is 16.1. The Hall–Kier alpha value is -2.84. The molecule has 10 nitrogen and oxygen atoms in total. The second kappa shape index (κ2) is 10.0. The summed E-state index contributed by atoms with van der Waals surface area (Å²) in [6.07, 6.45) is 1.50. The average Bonchev–Trinajstić information content (AvgIpc) is 3.48. The van der Waals surface area contributed by atoms with Crippen molar-refractivity contribution in [1.82, 2.24) is 14.7 Å². The molecule has 1 aliphatic carbocycles. The van der Waals surface area contributed by atoms with Crippen molar-refractivity contribution < 1.29 is 31.5 Å². The molecule has 1 amide bonds. The summed E-state index contributed by atoms with van der Waals surface area (Å²) in [6, 6.07) is 4.64. The molecule has 3 heterocycles. The third-order valence-electron chi connectivity index (χ3n) is 7.60. The molecular weight excluding hydrogens is 525 g/mol. The van der Waals surface area contributed by atoms with Crippen molar-refractivity contribution in [1.29, 1.82) is 0 Å². The molecule has 2 aromatic rings. The smallest absolute Gasteiger partial charge is 0.395 e. The summed E-state index contributed by atoms with van der Waals surface area (Å²) in [7, 11) is -3.76. The number of aromatic nitrogens is 2. The maximum Gasteiger partial charge on any atom is 0.401 e. The minimum atomic E-state index is -4.32. The summed E-state index contributed by atoms with van der Waals surface area (Å²) in [5.74, 6) is -0.908. The van der Waals surface area contributed by atoms with Crippen LogP contribution in [0.2, 0.25) is 0 Å². The fourth-order valence-electron chi connectivity index (χ4n) is 5.28. The molecule has 38 heavy (non-hydrogen) atoms. The van der Waals surface area contributed by atoms with Crippen LogP contribution in [-0.4, -0.2) is 78.8 Å². The van der Waals surface area contributed by atoms with Crippen LogP contribution in [0.3, 0.4) is 0 Å². The van der Waals surface area contributed by atoms with Crippen molar-refractivity contribution in [3.05, 3.63) is 35.7 Å². The summed E-state index contributed by atoms with van der Waals surface area (Å²) in [5.41, 5.74) is 2.40. The van der Waals surface area contributed by atoms with E-state index in [-0.39, 0.29) is 25.3 Å². The number of anilines is 3. The van der Waals surface area contributed by atoms with Gasteiger partial charge >= 0.3 is 6.18 Å². The first-order valence-corrected chi connectivity index (χ1v) is 14.3. The van der Waals surface area contributed by atoms with Gasteiger partial charge in [0.2, 0.25) is 10.0 Å². The highest BCUT2D eigenvalue weighted by molar-refractivity contribution is 7.92. The number of carbonyl (C=O) groups is 1. The molecule has 1 saturated heterocycles. The molecule has 1 aromatic carbocycles. The molecule has 208 valence electrons. The highest BCUT2D eigenvalue weighted by Crippen LogP contribution is 2.54. The van der Waals surface area contributed by atoms with Crippen molar-refractivity contribution >= 4 is 33.0 Å². The number of hydrogen-bond donors (Lipinski definition) is 3. The average molecular weight is 557 g/mol. The van der Waals surface area contributed by atoms with E-state index in [2.05, 4.69) is 20.0 Å². The molecule has 0 atom stereocenters. The van der Waals surface area contributed by atoms with Gasteiger partial charge in [-0.25, -0.2) is 8.42 Å². The predicted molar refractivity (Wildman–Crippen MR) is 136 cm³/mol. The zero-order valence-electron chi connectivity index (χ0n) is 20.8. The number of rotatable bonds is 8. The fourth-order valence-corrected chi connectivity index (χ4v) is 6.11. The van der Waals surface area contributed by atoms with Crippen LogP contribution < -0.4 is 14.9 Å². The molecule has 3 N–H and O–H groups in total. The Kier molecular flexibility index (Phi) is 7.07. The van der Waals surface area contributed by atoms with E-state index in [1.165, 1.54) is 36.1 Å². The van der Waals surface area contributed by atoms with E-state index in [1.54, 1.807) is 10.7 Å². The Morgan fingerprint density at radius 3 is 2.50 bits per heavy atom. The Morgan fingerprint density at radius 1 is 1.11 bits per heavy atom. The van der Waals surface area contributed by atoms with Crippen LogP contribution in [0, 0.1) is 5.41 Å². The normalized spacial score (nSPS) is 19.3. The van der Waals surface area contributed by atoms with E-state index < -0.39 is 41.0 Å². The second-order valence-electron chi connectivity index (χ2n) is 10.4. The van der Waals surface area contributed by atoms with Gasteiger partial charge in [0.1, 0.15) is 0 Å². The number of carbonyl (C=O) groups excluding carboxylic acids is 1. The lowest BCUT2D eigenvalue weighted by molar-refractivity contribution is -0.148. The van der Waals surface area contributed by atoms with E-state index in [0.29, 0.717) is 28.0 Å². The molecule has 2 fully saturated rings. The molecule has 3 aliphatic rings. The molecule has 1 aromatic heterocycles. The Morgan fingerprint density at radius 2 is 1.84 bits per heavy atom. The summed E-state index contributed by atoms with van der Waals surface area (Å²) >= 11 is 0. The molecule has 0 bridgehead atoms. The Bertz CT molecular complexity index is 1300. The molecule has 2 aliphatic heterocycles. The number of nitrogens with zero attached hydrogens (tertiary/aromatic N) is 4. The number of aliphatic hydroxyl groups is 1. The van der Waals surface area contributed by atoms with Crippen molar-refractivity contribution in [3.63, 3.8) is 0 Å². The number of piperidine rings is 1. The van der Waals surface area contributed by atoms with E-state index in [9.17, 15) is 26.4 Å². The maximum absolute atomic E-state index is 13.5. The van der Waals surface area contributed by atoms with Gasteiger partial charge in [0.05, 0.1) is 60.0 Å². The minimum absolute atomic E-state index is 0.00175. The van der Waals surface area contributed by atoms with Gasteiger partial charge in [0.25, 0.3) is 5.91 Å². The van der Waals surface area contributed by atoms with Gasteiger partial charge < -0.3 is 15.3 Å². The SMILES string of the molecule is O=C(Nc1cnn2c1CN(CC(F)(F)F)CC2)c1ccc(NS(=O)(=O)CCO)cc1N1CCC2(CC1)CC2. The second-order valence-corrected chi connectivity index (χ2v) is 12.2. The van der Waals surface area contributed by atoms with Gasteiger partial charge in [-0.3, -0.25) is 19.1 Å². The molecule has 1 spiro atoms. The largest absolute Gasteiger partial charge is 0.401 e. The van der Waals surface area contributed by atoms with Crippen LogP contribution in [0.5, 0.6) is 0 Å². The number of fused-ring (bicyclic) bond motifs is 1. The highest BCUT2D eigenvalue weighted by atomic mass is 32.2. The Balaban J connectivity index is 1.38. The summed E-state index contributed by atoms with van der Waals surface area (Å²) < 4.78 is 67.3. The van der Waals surface area contributed by atoms with Crippen molar-refractivity contribution in [2.24, 2.45) is 5.41 Å². The van der Waals surface area contributed by atoms with Gasteiger partial charge in [0, 0.05) is 26.2 Å². The predicted octanol–water partition coefficient (Wildman–Crippen LogP) is 2.63. The quantitative estimate of drug-likeness (QED) is 0.457. The van der Waals surface area contributed by atoms with Crippen LogP contribution in [-0.2, 0) is 23.1 Å². The summed E-state index contributed by atoms with van der Waals surface area (Å²) in [6.45, 7) is 0.376. The standard InChI is InChI=1S/C24H31F3N6O4S/c25-24(26,27)16-31-9-10-33-21(15-31)19(14-28-33)29-22(35)18-2-1-17(30-38(36,37)12-11-34)13-20(18)32-7-5-23(3-4-23)6-8-32/h1-2,13-14,30,34H,3-12,15-16H2,(H,29,35). The molecule has 5 rings (SSSR count). The van der Waals surface area contributed by atoms with Crippen molar-refractivity contribution in [2.45, 2.75) is 44.9 Å². The van der Waals surface area contributed by atoms with Crippen LogP contribution in [0.15, 0.2) is 24.4 Å². The fraction of sp³-hybridized carbons (Fsp3) is 0.583. The van der Waals surface area contributed by atoms with Gasteiger partial charge in [-0.2, -0.15) is 18.3 Å². The first kappa shape index (κ1) is 26.8. The molecule has 0 unspecified atom stereocenters. The molecular formula is C24H31F3N6O4S. The number of amides is 1. The van der Waals surface area contributed by atoms with Crippen molar-refractivity contribution in [3.8, 4) is 0 Å². The third-order valence-corrected chi connectivity index (χ3v) is 8.87. The number of alkyl halides is 3. The number of benzene rings is 1. The Labute approximate surface area is 218 Å². The zero-order valence-corrected chi connectivity index (χ0v) is 21.6. The topological polar surface area (TPSA) is 120 Å². The maximum atomic E-state index is 13.5. The van der Waals surface area contributed by atoms with Crippen molar-refractivity contribution in [2.75, 3.05) is 53.5 Å². The van der Waals surface area contributed by atoms with Crippen LogP contribution >= 0.6 is 0 Å². The first-order chi connectivity index (χ1) is 18.0. The monoisotopic (exact) mass is 556 g/mol.